The Morgan fingerprint density at radius 1 is 1.36 bits per heavy atom. The van der Waals surface area contributed by atoms with Crippen molar-refractivity contribution < 1.29 is 0 Å². The molecule has 0 spiro atoms. The van der Waals surface area contributed by atoms with Gasteiger partial charge in [-0.15, -0.1) is 0 Å². The van der Waals surface area contributed by atoms with Gasteiger partial charge in [0.25, 0.3) is 0 Å². The van der Waals surface area contributed by atoms with Crippen molar-refractivity contribution in [1.82, 2.24) is 5.32 Å². The summed E-state index contributed by atoms with van der Waals surface area (Å²) in [6, 6.07) is 0. The van der Waals surface area contributed by atoms with Crippen LogP contribution < -0.4 is 5.32 Å². The van der Waals surface area contributed by atoms with E-state index in [1.165, 1.54) is 6.42 Å². The average Bonchev–Trinajstić information content (AvgIpc) is 1.77. The van der Waals surface area contributed by atoms with Crippen LogP contribution in [0.3, 0.4) is 0 Å². The lowest BCUT2D eigenvalue weighted by Gasteiger charge is -2.21. The van der Waals surface area contributed by atoms with Crippen LogP contribution in [0.25, 0.3) is 0 Å². The Bertz CT molecular complexity index is 141. The number of allylic oxidation sites excluding steroid dienone is 1. The fraction of sp³-hybridized carbons (Fsp3) is 0.800. The molecule has 0 bridgehead atoms. The van der Waals surface area contributed by atoms with E-state index in [9.17, 15) is 0 Å². The molecule has 1 heterocycles. The molecule has 1 aliphatic heterocycles. The summed E-state index contributed by atoms with van der Waals surface area (Å²) in [5, 5.41) is 3.25. The first-order valence-corrected chi connectivity index (χ1v) is 4.58. The quantitative estimate of drug-likeness (QED) is 0.613. The van der Waals surface area contributed by atoms with E-state index in [-0.39, 0.29) is 0 Å². The molecular weight excluding hydrogens is 134 g/mol. The lowest BCUT2D eigenvalue weighted by atomic mass is 9.95. The molecule has 11 heavy (non-hydrogen) atoms. The van der Waals surface area contributed by atoms with Gasteiger partial charge < -0.3 is 5.32 Å². The second kappa shape index (κ2) is 3.91. The zero-order chi connectivity index (χ0) is 8.27. The molecule has 0 aromatic heterocycles. The van der Waals surface area contributed by atoms with Crippen LogP contribution in [0.5, 0.6) is 0 Å². The first-order valence-electron chi connectivity index (χ1n) is 4.58. The average molecular weight is 153 g/mol. The topological polar surface area (TPSA) is 12.0 Å². The lowest BCUT2D eigenvalue weighted by molar-refractivity contribution is 0.495. The molecule has 64 valence electrons. The molecule has 1 N–H and O–H groups in total. The molecule has 0 aliphatic carbocycles. The zero-order valence-electron chi connectivity index (χ0n) is 7.85. The summed E-state index contributed by atoms with van der Waals surface area (Å²) in [6.45, 7) is 9.14. The molecule has 1 nitrogen and oxygen atoms in total. The van der Waals surface area contributed by atoms with E-state index >= 15 is 0 Å². The van der Waals surface area contributed by atoms with Crippen LogP contribution in [0.2, 0.25) is 0 Å². The van der Waals surface area contributed by atoms with Crippen LogP contribution in [-0.4, -0.2) is 13.1 Å². The van der Waals surface area contributed by atoms with Crippen LogP contribution in [0.15, 0.2) is 11.6 Å². The van der Waals surface area contributed by atoms with Gasteiger partial charge in [-0.2, -0.15) is 0 Å². The number of rotatable bonds is 3. The SMILES string of the molecule is CC(C)CC(C)C=C1CNC1. The van der Waals surface area contributed by atoms with Crippen LogP contribution in [-0.2, 0) is 0 Å². The Morgan fingerprint density at radius 2 is 2.00 bits per heavy atom. The molecule has 1 saturated heterocycles. The van der Waals surface area contributed by atoms with Gasteiger partial charge >= 0.3 is 0 Å². The van der Waals surface area contributed by atoms with Crippen molar-refractivity contribution in [1.29, 1.82) is 0 Å². The van der Waals surface area contributed by atoms with Gasteiger partial charge in [-0.05, 0) is 23.8 Å². The predicted octanol–water partition coefficient (Wildman–Crippen LogP) is 2.20. The summed E-state index contributed by atoms with van der Waals surface area (Å²) in [5.74, 6) is 1.60. The third-order valence-corrected chi connectivity index (χ3v) is 2.07. The first kappa shape index (κ1) is 8.79. The maximum absolute atomic E-state index is 3.25. The standard InChI is InChI=1S/C10H19N/c1-8(2)4-9(3)5-10-6-11-7-10/h5,8-9,11H,4,6-7H2,1-3H3. The van der Waals surface area contributed by atoms with E-state index < -0.39 is 0 Å². The van der Waals surface area contributed by atoms with Gasteiger partial charge in [0.05, 0.1) is 0 Å². The summed E-state index contributed by atoms with van der Waals surface area (Å²) < 4.78 is 0. The van der Waals surface area contributed by atoms with Gasteiger partial charge in [0.1, 0.15) is 0 Å². The summed E-state index contributed by atoms with van der Waals surface area (Å²) in [6.07, 6.45) is 3.75. The molecule has 0 aromatic rings. The molecule has 1 atom stereocenters. The minimum Gasteiger partial charge on any atom is -0.309 e. The van der Waals surface area contributed by atoms with Crippen molar-refractivity contribution in [3.63, 3.8) is 0 Å². The third-order valence-electron chi connectivity index (χ3n) is 2.07. The molecule has 1 unspecified atom stereocenters. The van der Waals surface area contributed by atoms with Crippen LogP contribution >= 0.6 is 0 Å². The smallest absolute Gasteiger partial charge is 0.0180 e. The van der Waals surface area contributed by atoms with Crippen molar-refractivity contribution >= 4 is 0 Å². The van der Waals surface area contributed by atoms with Crippen molar-refractivity contribution in [3.05, 3.63) is 11.6 Å². The Hall–Kier alpha value is -0.300. The molecule has 0 aromatic carbocycles. The monoisotopic (exact) mass is 153 g/mol. The Morgan fingerprint density at radius 3 is 2.36 bits per heavy atom. The Kier molecular flexibility index (Phi) is 3.13. The van der Waals surface area contributed by atoms with Crippen LogP contribution in [0.4, 0.5) is 0 Å². The van der Waals surface area contributed by atoms with Crippen molar-refractivity contribution in [2.24, 2.45) is 11.8 Å². The summed E-state index contributed by atoms with van der Waals surface area (Å²) in [4.78, 5) is 0. The van der Waals surface area contributed by atoms with Crippen LogP contribution in [0.1, 0.15) is 27.2 Å². The number of hydrogen-bond donors (Lipinski definition) is 1. The highest BCUT2D eigenvalue weighted by atomic mass is 14.9. The van der Waals surface area contributed by atoms with Crippen molar-refractivity contribution in [3.8, 4) is 0 Å². The van der Waals surface area contributed by atoms with E-state index in [0.717, 1.165) is 24.9 Å². The molecule has 1 fully saturated rings. The number of nitrogens with one attached hydrogen (secondary N) is 1. The Balaban J connectivity index is 2.24. The lowest BCUT2D eigenvalue weighted by Crippen LogP contribution is -2.34. The summed E-state index contributed by atoms with van der Waals surface area (Å²) in [5.41, 5.74) is 1.60. The largest absolute Gasteiger partial charge is 0.309 e. The minimum absolute atomic E-state index is 0.770. The molecule has 1 heteroatoms. The molecule has 1 rings (SSSR count). The number of hydrogen-bond acceptors (Lipinski definition) is 1. The third kappa shape index (κ3) is 3.06. The Labute approximate surface area is 69.9 Å². The fourth-order valence-electron chi connectivity index (χ4n) is 1.60. The normalized spacial score (nSPS) is 19.8. The van der Waals surface area contributed by atoms with E-state index in [2.05, 4.69) is 32.2 Å². The van der Waals surface area contributed by atoms with Gasteiger partial charge in [0, 0.05) is 13.1 Å². The van der Waals surface area contributed by atoms with Crippen LogP contribution in [0, 0.1) is 11.8 Å². The van der Waals surface area contributed by atoms with E-state index in [1.807, 2.05) is 0 Å². The highest BCUT2D eigenvalue weighted by molar-refractivity contribution is 5.14. The summed E-state index contributed by atoms with van der Waals surface area (Å²) in [7, 11) is 0. The maximum Gasteiger partial charge on any atom is 0.0180 e. The van der Waals surface area contributed by atoms with E-state index in [4.69, 9.17) is 0 Å². The molecule has 0 saturated carbocycles. The van der Waals surface area contributed by atoms with Gasteiger partial charge in [-0.3, -0.25) is 0 Å². The van der Waals surface area contributed by atoms with E-state index in [0.29, 0.717) is 0 Å². The van der Waals surface area contributed by atoms with Crippen molar-refractivity contribution in [2.45, 2.75) is 27.2 Å². The first-order chi connectivity index (χ1) is 5.18. The summed E-state index contributed by atoms with van der Waals surface area (Å²) >= 11 is 0. The van der Waals surface area contributed by atoms with Gasteiger partial charge in [-0.1, -0.05) is 26.8 Å². The maximum atomic E-state index is 3.25. The highest BCUT2D eigenvalue weighted by Crippen LogP contribution is 2.15. The fourth-order valence-corrected chi connectivity index (χ4v) is 1.60. The minimum atomic E-state index is 0.770. The zero-order valence-corrected chi connectivity index (χ0v) is 7.85. The molecule has 0 amide bonds. The second-order valence-corrected chi connectivity index (χ2v) is 4.04. The van der Waals surface area contributed by atoms with Gasteiger partial charge in [0.15, 0.2) is 0 Å². The molecular formula is C10H19N. The van der Waals surface area contributed by atoms with E-state index in [1.54, 1.807) is 5.57 Å². The highest BCUT2D eigenvalue weighted by Gasteiger charge is 2.09. The van der Waals surface area contributed by atoms with Gasteiger partial charge in [0.2, 0.25) is 0 Å². The second-order valence-electron chi connectivity index (χ2n) is 4.04. The molecule has 1 aliphatic rings. The van der Waals surface area contributed by atoms with Crippen molar-refractivity contribution in [2.75, 3.05) is 13.1 Å². The van der Waals surface area contributed by atoms with Gasteiger partial charge in [-0.25, -0.2) is 0 Å². The predicted molar refractivity (Wildman–Crippen MR) is 49.6 cm³/mol. The molecule has 0 radical (unpaired) electrons.